The van der Waals surface area contributed by atoms with E-state index in [9.17, 15) is 4.79 Å². The minimum atomic E-state index is -0.225. The van der Waals surface area contributed by atoms with Gasteiger partial charge in [0.2, 0.25) is 5.43 Å². The molecule has 4 aromatic rings. The SMILES string of the molecule is Cc1cnc2c(=O)c3c(Cl)cccc3oc2c1-c1ccc(N2CCN[C@@H](C)C2)nc1.Cl. The third-order valence-corrected chi connectivity index (χ3v) is 5.90. The van der Waals surface area contributed by atoms with Crippen LogP contribution in [0.5, 0.6) is 0 Å². The number of nitrogens with zero attached hydrogens (tertiary/aromatic N) is 3. The van der Waals surface area contributed by atoms with E-state index in [4.69, 9.17) is 21.0 Å². The summed E-state index contributed by atoms with van der Waals surface area (Å²) in [5, 5.41) is 4.16. The second-order valence-electron chi connectivity index (χ2n) is 7.74. The summed E-state index contributed by atoms with van der Waals surface area (Å²) in [4.78, 5) is 24.4. The highest BCUT2D eigenvalue weighted by Crippen LogP contribution is 2.33. The number of hydrogen-bond acceptors (Lipinski definition) is 6. The summed E-state index contributed by atoms with van der Waals surface area (Å²) in [6.45, 7) is 6.92. The third kappa shape index (κ3) is 3.76. The van der Waals surface area contributed by atoms with Gasteiger partial charge in [-0.05, 0) is 43.7 Å². The van der Waals surface area contributed by atoms with E-state index >= 15 is 0 Å². The Hall–Kier alpha value is -2.67. The molecule has 5 rings (SSSR count). The molecule has 160 valence electrons. The average Bonchev–Trinajstić information content (AvgIpc) is 2.74. The first-order chi connectivity index (χ1) is 14.5. The van der Waals surface area contributed by atoms with E-state index in [0.717, 1.165) is 42.1 Å². The van der Waals surface area contributed by atoms with Crippen molar-refractivity contribution in [3.63, 3.8) is 0 Å². The molecule has 31 heavy (non-hydrogen) atoms. The zero-order valence-electron chi connectivity index (χ0n) is 17.2. The molecule has 1 N–H and O–H groups in total. The zero-order chi connectivity index (χ0) is 20.8. The van der Waals surface area contributed by atoms with Gasteiger partial charge in [0.25, 0.3) is 0 Å². The van der Waals surface area contributed by atoms with Crippen molar-refractivity contribution >= 4 is 51.9 Å². The first-order valence-electron chi connectivity index (χ1n) is 9.98. The third-order valence-electron chi connectivity index (χ3n) is 5.58. The minimum absolute atomic E-state index is 0. The van der Waals surface area contributed by atoms with Crippen molar-refractivity contribution in [1.82, 2.24) is 15.3 Å². The smallest absolute Gasteiger partial charge is 0.220 e. The van der Waals surface area contributed by atoms with Gasteiger partial charge in [0.1, 0.15) is 11.4 Å². The molecular formula is C23H22Cl2N4O2. The van der Waals surface area contributed by atoms with Gasteiger partial charge in [0, 0.05) is 49.2 Å². The fourth-order valence-corrected chi connectivity index (χ4v) is 4.35. The van der Waals surface area contributed by atoms with Crippen LogP contribution in [0.1, 0.15) is 12.5 Å². The topological polar surface area (TPSA) is 71.3 Å². The summed E-state index contributed by atoms with van der Waals surface area (Å²) in [7, 11) is 0. The highest BCUT2D eigenvalue weighted by molar-refractivity contribution is 6.35. The van der Waals surface area contributed by atoms with Crippen molar-refractivity contribution in [2.75, 3.05) is 24.5 Å². The van der Waals surface area contributed by atoms with Gasteiger partial charge in [-0.1, -0.05) is 17.7 Å². The lowest BCUT2D eigenvalue weighted by Gasteiger charge is -2.32. The number of hydrogen-bond donors (Lipinski definition) is 1. The molecule has 1 aliphatic heterocycles. The summed E-state index contributed by atoms with van der Waals surface area (Å²) < 4.78 is 6.14. The molecule has 1 fully saturated rings. The summed E-state index contributed by atoms with van der Waals surface area (Å²) in [6.07, 6.45) is 3.54. The van der Waals surface area contributed by atoms with Crippen LogP contribution in [-0.2, 0) is 0 Å². The molecular weight excluding hydrogens is 435 g/mol. The van der Waals surface area contributed by atoms with Crippen molar-refractivity contribution in [1.29, 1.82) is 0 Å². The number of nitrogens with one attached hydrogen (secondary N) is 1. The maximum atomic E-state index is 13.1. The second-order valence-corrected chi connectivity index (χ2v) is 8.15. The van der Waals surface area contributed by atoms with E-state index in [1.54, 1.807) is 24.4 Å². The molecule has 1 aliphatic rings. The van der Waals surface area contributed by atoms with Crippen LogP contribution in [0.25, 0.3) is 33.2 Å². The summed E-state index contributed by atoms with van der Waals surface area (Å²) in [5.74, 6) is 0.946. The number of benzene rings is 1. The van der Waals surface area contributed by atoms with Crippen LogP contribution in [0, 0.1) is 6.92 Å². The van der Waals surface area contributed by atoms with Gasteiger partial charge in [0.05, 0.1) is 10.4 Å². The number of rotatable bonds is 2. The molecule has 6 nitrogen and oxygen atoms in total. The fourth-order valence-electron chi connectivity index (χ4n) is 4.10. The molecule has 1 atom stereocenters. The van der Waals surface area contributed by atoms with Gasteiger partial charge in [-0.15, -0.1) is 12.4 Å². The van der Waals surface area contributed by atoms with Crippen LogP contribution < -0.4 is 15.6 Å². The Balaban J connectivity index is 0.00000231. The first-order valence-corrected chi connectivity index (χ1v) is 10.4. The molecule has 0 unspecified atom stereocenters. The van der Waals surface area contributed by atoms with E-state index in [1.165, 1.54) is 0 Å². The number of pyridine rings is 2. The fraction of sp³-hybridized carbons (Fsp3) is 0.261. The lowest BCUT2D eigenvalue weighted by Crippen LogP contribution is -2.49. The van der Waals surface area contributed by atoms with Gasteiger partial charge in [0.15, 0.2) is 11.1 Å². The Bertz CT molecular complexity index is 1320. The highest BCUT2D eigenvalue weighted by atomic mass is 35.5. The largest absolute Gasteiger partial charge is 0.453 e. The predicted molar refractivity (Wildman–Crippen MR) is 128 cm³/mol. The predicted octanol–water partition coefficient (Wildman–Crippen LogP) is 4.58. The molecule has 1 saturated heterocycles. The molecule has 8 heteroatoms. The number of fused-ring (bicyclic) bond motifs is 2. The first kappa shape index (κ1) is 21.6. The van der Waals surface area contributed by atoms with Crippen LogP contribution in [-0.4, -0.2) is 35.6 Å². The van der Waals surface area contributed by atoms with Crippen molar-refractivity contribution in [3.8, 4) is 11.1 Å². The van der Waals surface area contributed by atoms with Crippen molar-refractivity contribution < 1.29 is 4.42 Å². The Labute approximate surface area is 190 Å². The van der Waals surface area contributed by atoms with Crippen molar-refractivity contribution in [3.05, 3.63) is 63.5 Å². The summed E-state index contributed by atoms with van der Waals surface area (Å²) >= 11 is 6.25. The quantitative estimate of drug-likeness (QED) is 0.444. The van der Waals surface area contributed by atoms with Crippen LogP contribution in [0.2, 0.25) is 5.02 Å². The number of aryl methyl sites for hydroxylation is 1. The Morgan fingerprint density at radius 2 is 2.03 bits per heavy atom. The Morgan fingerprint density at radius 1 is 1.19 bits per heavy atom. The molecule has 0 spiro atoms. The number of aromatic nitrogens is 2. The lowest BCUT2D eigenvalue weighted by atomic mass is 10.0. The minimum Gasteiger partial charge on any atom is -0.453 e. The van der Waals surface area contributed by atoms with E-state index in [2.05, 4.69) is 22.1 Å². The molecule has 0 radical (unpaired) electrons. The van der Waals surface area contributed by atoms with Crippen LogP contribution >= 0.6 is 24.0 Å². The van der Waals surface area contributed by atoms with Gasteiger partial charge < -0.3 is 14.6 Å². The number of halogens is 2. The maximum Gasteiger partial charge on any atom is 0.220 e. The van der Waals surface area contributed by atoms with E-state index in [1.807, 2.05) is 25.3 Å². The molecule has 3 aromatic heterocycles. The summed E-state index contributed by atoms with van der Waals surface area (Å²) in [5.41, 5.74) is 3.59. The molecule has 0 aliphatic carbocycles. The molecule has 4 heterocycles. The number of piperazine rings is 1. The van der Waals surface area contributed by atoms with E-state index < -0.39 is 0 Å². The normalized spacial score (nSPS) is 16.5. The van der Waals surface area contributed by atoms with E-state index in [0.29, 0.717) is 27.6 Å². The average molecular weight is 457 g/mol. The molecule has 1 aromatic carbocycles. The Morgan fingerprint density at radius 3 is 2.77 bits per heavy atom. The maximum absolute atomic E-state index is 13.1. The standard InChI is InChI=1S/C23H21ClN4O2.ClH/c1-13-10-27-21-22(29)20-16(24)4-3-5-17(20)30-23(21)19(13)15-6-7-18(26-11-15)28-9-8-25-14(2)12-28;/h3-7,10-11,14,25H,8-9,12H2,1-2H3;1H/t14-;/m0./s1. The summed E-state index contributed by atoms with van der Waals surface area (Å²) in [6, 6.07) is 9.69. The van der Waals surface area contributed by atoms with Gasteiger partial charge in [-0.25, -0.2) is 9.97 Å². The van der Waals surface area contributed by atoms with Crippen molar-refractivity contribution in [2.45, 2.75) is 19.9 Å². The van der Waals surface area contributed by atoms with Gasteiger partial charge in [-0.2, -0.15) is 0 Å². The molecule has 0 saturated carbocycles. The Kier molecular flexibility index (Phi) is 5.88. The van der Waals surface area contributed by atoms with Crippen molar-refractivity contribution in [2.24, 2.45) is 0 Å². The number of anilines is 1. The van der Waals surface area contributed by atoms with Crippen LogP contribution in [0.4, 0.5) is 5.82 Å². The molecule has 0 amide bonds. The molecule has 0 bridgehead atoms. The van der Waals surface area contributed by atoms with Gasteiger partial charge in [-0.3, -0.25) is 4.79 Å². The second kappa shape index (κ2) is 8.46. The van der Waals surface area contributed by atoms with Gasteiger partial charge >= 0.3 is 0 Å². The highest BCUT2D eigenvalue weighted by Gasteiger charge is 2.19. The van der Waals surface area contributed by atoms with E-state index in [-0.39, 0.29) is 23.4 Å². The zero-order valence-corrected chi connectivity index (χ0v) is 18.8. The van der Waals surface area contributed by atoms with Crippen LogP contribution in [0.15, 0.2) is 51.9 Å². The van der Waals surface area contributed by atoms with Crippen LogP contribution in [0.3, 0.4) is 0 Å². The lowest BCUT2D eigenvalue weighted by molar-refractivity contribution is 0.482. The monoisotopic (exact) mass is 456 g/mol.